The molecule has 16 heavy (non-hydrogen) atoms. The molecule has 4 N–H and O–H groups in total. The molecule has 1 rings (SSSR count). The second-order valence-corrected chi connectivity index (χ2v) is 3.55. The summed E-state index contributed by atoms with van der Waals surface area (Å²) in [6.45, 7) is 1.35. The maximum Gasteiger partial charge on any atom is 0.331 e. The number of aliphatic carboxylic acids is 2. The van der Waals surface area contributed by atoms with Gasteiger partial charge in [0.05, 0.1) is 0 Å². The van der Waals surface area contributed by atoms with Gasteiger partial charge in [0.25, 0.3) is 0 Å². The van der Waals surface area contributed by atoms with Crippen LogP contribution in [0.3, 0.4) is 0 Å². The Kier molecular flexibility index (Phi) is 2.84. The van der Waals surface area contributed by atoms with Crippen molar-refractivity contribution in [2.24, 2.45) is 17.1 Å². The zero-order valence-electron chi connectivity index (χ0n) is 8.51. The van der Waals surface area contributed by atoms with Crippen LogP contribution in [0.25, 0.3) is 0 Å². The lowest BCUT2D eigenvalue weighted by molar-refractivity contribution is -0.153. The number of carboxylic acid groups (broad SMARTS) is 2. The van der Waals surface area contributed by atoms with Crippen molar-refractivity contribution in [1.29, 1.82) is 0 Å². The molecule has 0 aliphatic heterocycles. The molecule has 1 aliphatic rings. The van der Waals surface area contributed by atoms with Gasteiger partial charge in [0.1, 0.15) is 0 Å². The number of primary amides is 1. The Balaban J connectivity index is 3.33. The van der Waals surface area contributed by atoms with Crippen LogP contribution in [0.15, 0.2) is 23.8 Å². The highest BCUT2D eigenvalue weighted by Crippen LogP contribution is 2.37. The van der Waals surface area contributed by atoms with Crippen molar-refractivity contribution < 1.29 is 24.6 Å². The molecule has 0 radical (unpaired) electrons. The van der Waals surface area contributed by atoms with Crippen molar-refractivity contribution in [2.75, 3.05) is 0 Å². The maximum absolute atomic E-state index is 11.3. The molecule has 0 aromatic rings. The van der Waals surface area contributed by atoms with E-state index in [-0.39, 0.29) is 5.57 Å². The van der Waals surface area contributed by atoms with E-state index in [0.29, 0.717) is 0 Å². The minimum Gasteiger partial charge on any atom is -0.480 e. The number of carbonyl (C=O) groups is 3. The van der Waals surface area contributed by atoms with E-state index in [1.54, 1.807) is 0 Å². The maximum atomic E-state index is 11.3. The summed E-state index contributed by atoms with van der Waals surface area (Å²) in [6.07, 6.45) is 3.61. The topological polar surface area (TPSA) is 118 Å². The van der Waals surface area contributed by atoms with Crippen molar-refractivity contribution in [3.8, 4) is 0 Å². The van der Waals surface area contributed by atoms with Crippen molar-refractivity contribution in [3.63, 3.8) is 0 Å². The molecule has 0 spiro atoms. The molecule has 0 saturated carbocycles. The molecule has 0 aromatic carbocycles. The molecule has 86 valence electrons. The smallest absolute Gasteiger partial charge is 0.331 e. The molecule has 0 bridgehead atoms. The second-order valence-electron chi connectivity index (χ2n) is 3.55. The number of amides is 1. The van der Waals surface area contributed by atoms with Crippen molar-refractivity contribution in [2.45, 2.75) is 6.92 Å². The third kappa shape index (κ3) is 1.48. The molecule has 1 amide bonds. The van der Waals surface area contributed by atoms with E-state index in [4.69, 9.17) is 15.9 Å². The van der Waals surface area contributed by atoms with E-state index in [9.17, 15) is 14.4 Å². The fourth-order valence-electron chi connectivity index (χ4n) is 1.75. The van der Waals surface area contributed by atoms with E-state index in [2.05, 4.69) is 0 Å². The molecule has 6 heteroatoms. The van der Waals surface area contributed by atoms with Crippen molar-refractivity contribution >= 4 is 17.8 Å². The standard InChI is InChI=1S/C10H11NO5/c1-5-6(7(12)13)3-2-4-10(5,8(11)14)9(15)16/h2-5H,1H3,(H2,11,14)(H,12,13)(H,15,16). The summed E-state index contributed by atoms with van der Waals surface area (Å²) in [7, 11) is 0. The van der Waals surface area contributed by atoms with Crippen LogP contribution in [0.1, 0.15) is 6.92 Å². The molecule has 0 aromatic heterocycles. The first-order valence-corrected chi connectivity index (χ1v) is 4.50. The molecule has 6 nitrogen and oxygen atoms in total. The molecule has 2 atom stereocenters. The average molecular weight is 225 g/mol. The first kappa shape index (κ1) is 12.0. The van der Waals surface area contributed by atoms with E-state index in [0.717, 1.165) is 6.08 Å². The van der Waals surface area contributed by atoms with Gasteiger partial charge in [-0.25, -0.2) is 4.79 Å². The summed E-state index contributed by atoms with van der Waals surface area (Å²) in [4.78, 5) is 33.2. The number of carboxylic acids is 2. The second kappa shape index (κ2) is 3.80. The largest absolute Gasteiger partial charge is 0.480 e. The predicted molar refractivity (Wildman–Crippen MR) is 53.3 cm³/mol. The highest BCUT2D eigenvalue weighted by Gasteiger charge is 2.50. The number of carbonyl (C=O) groups excluding carboxylic acids is 1. The van der Waals surface area contributed by atoms with Crippen LogP contribution in [-0.2, 0) is 14.4 Å². The normalized spacial score (nSPS) is 28.3. The Bertz CT molecular complexity index is 407. The average Bonchev–Trinajstić information content (AvgIpc) is 2.16. The Morgan fingerprint density at radius 2 is 1.94 bits per heavy atom. The molecule has 0 heterocycles. The number of hydrogen-bond donors (Lipinski definition) is 3. The highest BCUT2D eigenvalue weighted by atomic mass is 16.4. The lowest BCUT2D eigenvalue weighted by Gasteiger charge is -2.31. The van der Waals surface area contributed by atoms with Gasteiger partial charge in [0.2, 0.25) is 5.91 Å². The first-order valence-electron chi connectivity index (χ1n) is 4.50. The van der Waals surface area contributed by atoms with Crippen LogP contribution >= 0.6 is 0 Å². The molecule has 0 saturated heterocycles. The Morgan fingerprint density at radius 3 is 2.31 bits per heavy atom. The Morgan fingerprint density at radius 1 is 1.38 bits per heavy atom. The van der Waals surface area contributed by atoms with Gasteiger partial charge in [-0.3, -0.25) is 9.59 Å². The third-order valence-corrected chi connectivity index (χ3v) is 2.79. The number of allylic oxidation sites excluding steroid dienone is 2. The monoisotopic (exact) mass is 225 g/mol. The van der Waals surface area contributed by atoms with Gasteiger partial charge in [-0.1, -0.05) is 25.2 Å². The van der Waals surface area contributed by atoms with E-state index in [1.807, 2.05) is 0 Å². The highest BCUT2D eigenvalue weighted by molar-refractivity contribution is 6.06. The summed E-state index contributed by atoms with van der Waals surface area (Å²) >= 11 is 0. The number of nitrogens with two attached hydrogens (primary N) is 1. The van der Waals surface area contributed by atoms with Crippen molar-refractivity contribution in [3.05, 3.63) is 23.8 Å². The number of rotatable bonds is 3. The van der Waals surface area contributed by atoms with Crippen LogP contribution in [0, 0.1) is 11.3 Å². The van der Waals surface area contributed by atoms with E-state index >= 15 is 0 Å². The summed E-state index contributed by atoms with van der Waals surface area (Å²) in [5.74, 6) is -4.79. The summed E-state index contributed by atoms with van der Waals surface area (Å²) in [5.41, 5.74) is 2.93. The van der Waals surface area contributed by atoms with Gasteiger partial charge in [-0.15, -0.1) is 0 Å². The van der Waals surface area contributed by atoms with Crippen molar-refractivity contribution in [1.82, 2.24) is 0 Å². The quantitative estimate of drug-likeness (QED) is 0.573. The van der Waals surface area contributed by atoms with Crippen LogP contribution in [0.2, 0.25) is 0 Å². The predicted octanol–water partition coefficient (Wildman–Crippen LogP) is -0.240. The summed E-state index contributed by atoms with van der Waals surface area (Å²) in [5, 5.41) is 17.9. The first-order chi connectivity index (χ1) is 7.34. The Hall–Kier alpha value is -2.11. The minimum absolute atomic E-state index is 0.149. The molecule has 0 fully saturated rings. The molecule has 2 unspecified atom stereocenters. The van der Waals surface area contributed by atoms with Gasteiger partial charge in [-0.05, 0) is 0 Å². The van der Waals surface area contributed by atoms with Gasteiger partial charge >= 0.3 is 11.9 Å². The molecular formula is C10H11NO5. The fraction of sp³-hybridized carbons (Fsp3) is 0.300. The zero-order chi connectivity index (χ0) is 12.5. The minimum atomic E-state index is -1.98. The zero-order valence-corrected chi connectivity index (χ0v) is 8.51. The summed E-state index contributed by atoms with van der Waals surface area (Å²) < 4.78 is 0. The lowest BCUT2D eigenvalue weighted by atomic mass is 9.69. The van der Waals surface area contributed by atoms with Gasteiger partial charge in [0, 0.05) is 11.5 Å². The molecule has 1 aliphatic carbocycles. The molecular weight excluding hydrogens is 214 g/mol. The van der Waals surface area contributed by atoms with Gasteiger partial charge in [-0.2, -0.15) is 0 Å². The van der Waals surface area contributed by atoms with E-state index < -0.39 is 29.2 Å². The summed E-state index contributed by atoms with van der Waals surface area (Å²) in [6, 6.07) is 0. The van der Waals surface area contributed by atoms with Gasteiger partial charge < -0.3 is 15.9 Å². The SMILES string of the molecule is CC1C(C(=O)O)=CC=CC1(C(N)=O)C(=O)O. The van der Waals surface area contributed by atoms with Crippen LogP contribution in [-0.4, -0.2) is 28.1 Å². The van der Waals surface area contributed by atoms with Gasteiger partial charge in [0.15, 0.2) is 5.41 Å². The lowest BCUT2D eigenvalue weighted by Crippen LogP contribution is -2.49. The van der Waals surface area contributed by atoms with E-state index in [1.165, 1.54) is 19.1 Å². The van der Waals surface area contributed by atoms with Crippen LogP contribution in [0.5, 0.6) is 0 Å². The van der Waals surface area contributed by atoms with Crippen LogP contribution in [0.4, 0.5) is 0 Å². The van der Waals surface area contributed by atoms with Crippen LogP contribution < -0.4 is 5.73 Å². The third-order valence-electron chi connectivity index (χ3n) is 2.79. The number of hydrogen-bond acceptors (Lipinski definition) is 3. The fourth-order valence-corrected chi connectivity index (χ4v) is 1.75. The Labute approximate surface area is 91.1 Å².